The molecule has 0 aliphatic carbocycles. The predicted octanol–water partition coefficient (Wildman–Crippen LogP) is 2.53. The predicted molar refractivity (Wildman–Crippen MR) is 138 cm³/mol. The fourth-order valence-corrected chi connectivity index (χ4v) is 4.78. The Morgan fingerprint density at radius 2 is 1.41 bits per heavy atom. The number of aliphatic hydroxyl groups is 1. The molecule has 0 saturated carbocycles. The van der Waals surface area contributed by atoms with Crippen LogP contribution in [0.15, 0.2) is 52.9 Å². The number of aromatic nitrogens is 1. The summed E-state index contributed by atoms with van der Waals surface area (Å²) in [4.78, 5) is 53.6. The van der Waals surface area contributed by atoms with Gasteiger partial charge in [0.1, 0.15) is 11.1 Å². The highest BCUT2D eigenvalue weighted by molar-refractivity contribution is 6.14. The molecule has 0 unspecified atom stereocenters. The molecular weight excluding hydrogens is 542 g/mol. The van der Waals surface area contributed by atoms with Crippen molar-refractivity contribution < 1.29 is 57.1 Å². The number of hydrogen-bond donors (Lipinski definition) is 1. The standard InChI is InChI=1S/C28H25NO12/c1-13(30)36-22-23(37-14(2)31)25(38-15(3)32)28(34,40-24(22)27(33)35-4)41-26-17-10-6-5-9-16(17)21-20(29-26)18-11-7-8-12-19(18)39-21/h5-12,22-25,34H,1-4H3/t22-,23-,24-,25+,28-/m0/s1. The van der Waals surface area contributed by atoms with Crippen molar-refractivity contribution in [2.24, 2.45) is 0 Å². The largest absolute Gasteiger partial charge is 0.467 e. The van der Waals surface area contributed by atoms with Crippen LogP contribution < -0.4 is 4.74 Å². The van der Waals surface area contributed by atoms with Crippen molar-refractivity contribution in [2.75, 3.05) is 7.11 Å². The molecule has 0 amide bonds. The van der Waals surface area contributed by atoms with Crippen molar-refractivity contribution in [3.63, 3.8) is 0 Å². The van der Waals surface area contributed by atoms with Crippen LogP contribution in [0.2, 0.25) is 0 Å². The lowest BCUT2D eigenvalue weighted by molar-refractivity contribution is -0.415. The maximum Gasteiger partial charge on any atom is 0.370 e. The zero-order valence-electron chi connectivity index (χ0n) is 22.3. The van der Waals surface area contributed by atoms with Crippen molar-refractivity contribution in [2.45, 2.75) is 51.2 Å². The number of carbonyl (C=O) groups is 4. The highest BCUT2D eigenvalue weighted by Gasteiger charge is 2.64. The van der Waals surface area contributed by atoms with Gasteiger partial charge in [-0.05, 0) is 18.2 Å². The zero-order valence-corrected chi connectivity index (χ0v) is 22.3. The molecule has 0 spiro atoms. The smallest absolute Gasteiger partial charge is 0.370 e. The average Bonchev–Trinajstić information content (AvgIpc) is 3.30. The number of hydrogen-bond acceptors (Lipinski definition) is 13. The third-order valence-electron chi connectivity index (χ3n) is 6.33. The molecule has 2 aromatic carbocycles. The number of fused-ring (bicyclic) bond motifs is 5. The van der Waals surface area contributed by atoms with E-state index in [1.165, 1.54) is 0 Å². The minimum absolute atomic E-state index is 0.199. The first-order valence-electron chi connectivity index (χ1n) is 12.4. The molecule has 13 heteroatoms. The van der Waals surface area contributed by atoms with Gasteiger partial charge in [-0.1, -0.05) is 30.3 Å². The van der Waals surface area contributed by atoms with Gasteiger partial charge in [-0.15, -0.1) is 0 Å². The molecule has 0 bridgehead atoms. The lowest BCUT2D eigenvalue weighted by atomic mass is 9.96. The zero-order chi connectivity index (χ0) is 29.5. The first kappa shape index (κ1) is 27.8. The fraction of sp³-hybridized carbons (Fsp3) is 0.321. The molecule has 1 aliphatic rings. The summed E-state index contributed by atoms with van der Waals surface area (Å²) in [6.45, 7) is 3.10. The molecule has 5 rings (SSSR count). The third kappa shape index (κ3) is 5.12. The maximum atomic E-state index is 12.8. The summed E-state index contributed by atoms with van der Waals surface area (Å²) < 4.78 is 38.3. The minimum atomic E-state index is -3.01. The van der Waals surface area contributed by atoms with Gasteiger partial charge >= 0.3 is 29.9 Å². The van der Waals surface area contributed by atoms with E-state index in [2.05, 4.69) is 4.98 Å². The van der Waals surface area contributed by atoms with Gasteiger partial charge in [0, 0.05) is 36.9 Å². The molecule has 41 heavy (non-hydrogen) atoms. The van der Waals surface area contributed by atoms with Gasteiger partial charge < -0.3 is 33.2 Å². The van der Waals surface area contributed by atoms with Gasteiger partial charge in [0.15, 0.2) is 17.8 Å². The van der Waals surface area contributed by atoms with Crippen LogP contribution >= 0.6 is 0 Å². The number of para-hydroxylation sites is 1. The summed E-state index contributed by atoms with van der Waals surface area (Å²) in [5.74, 6) is -7.05. The van der Waals surface area contributed by atoms with E-state index in [0.29, 0.717) is 32.8 Å². The van der Waals surface area contributed by atoms with E-state index in [1.54, 1.807) is 48.5 Å². The number of esters is 4. The van der Waals surface area contributed by atoms with Crippen LogP contribution in [0.1, 0.15) is 20.8 Å². The van der Waals surface area contributed by atoms with Crippen molar-refractivity contribution >= 4 is 56.7 Å². The van der Waals surface area contributed by atoms with E-state index in [1.807, 2.05) is 0 Å². The van der Waals surface area contributed by atoms with Crippen LogP contribution in [-0.2, 0) is 42.9 Å². The lowest BCUT2D eigenvalue weighted by Crippen LogP contribution is -2.70. The monoisotopic (exact) mass is 567 g/mol. The number of furan rings is 1. The lowest BCUT2D eigenvalue weighted by Gasteiger charge is -2.46. The highest BCUT2D eigenvalue weighted by atomic mass is 16.9. The van der Waals surface area contributed by atoms with Crippen molar-refractivity contribution in [3.8, 4) is 5.88 Å². The Kier molecular flexibility index (Phi) is 7.24. The minimum Gasteiger partial charge on any atom is -0.467 e. The topological polar surface area (TPSA) is 170 Å². The molecule has 5 atom stereocenters. The Hall–Kier alpha value is -4.75. The summed E-state index contributed by atoms with van der Waals surface area (Å²) in [5.41, 5.74) is 1.38. The maximum absolute atomic E-state index is 12.8. The first-order valence-corrected chi connectivity index (χ1v) is 12.4. The Labute approximate surface area is 231 Å². The molecule has 1 aliphatic heterocycles. The summed E-state index contributed by atoms with van der Waals surface area (Å²) in [6.07, 6.45) is -7.31. The molecule has 1 N–H and O–H groups in total. The summed E-state index contributed by atoms with van der Waals surface area (Å²) in [7, 11) is 1.03. The van der Waals surface area contributed by atoms with Crippen LogP contribution in [0.4, 0.5) is 0 Å². The van der Waals surface area contributed by atoms with Gasteiger partial charge in [0.25, 0.3) is 0 Å². The number of nitrogens with zero attached hydrogens (tertiary/aromatic N) is 1. The summed E-state index contributed by atoms with van der Waals surface area (Å²) >= 11 is 0. The quantitative estimate of drug-likeness (QED) is 0.205. The average molecular weight is 568 g/mol. The molecule has 1 fully saturated rings. The highest BCUT2D eigenvalue weighted by Crippen LogP contribution is 2.41. The van der Waals surface area contributed by atoms with E-state index < -0.39 is 54.3 Å². The molecular formula is C28H25NO12. The van der Waals surface area contributed by atoms with E-state index >= 15 is 0 Å². The number of pyridine rings is 1. The second-order valence-corrected chi connectivity index (χ2v) is 9.21. The van der Waals surface area contributed by atoms with Gasteiger partial charge in [-0.2, -0.15) is 0 Å². The van der Waals surface area contributed by atoms with Crippen LogP contribution in [0, 0.1) is 0 Å². The second-order valence-electron chi connectivity index (χ2n) is 9.21. The van der Waals surface area contributed by atoms with Gasteiger partial charge in [-0.25, -0.2) is 9.78 Å². The van der Waals surface area contributed by atoms with Crippen LogP contribution in [-0.4, -0.2) is 71.5 Å². The van der Waals surface area contributed by atoms with Crippen LogP contribution in [0.3, 0.4) is 0 Å². The Morgan fingerprint density at radius 1 is 0.829 bits per heavy atom. The van der Waals surface area contributed by atoms with Crippen molar-refractivity contribution in [1.82, 2.24) is 4.98 Å². The molecule has 4 aromatic rings. The molecule has 1 saturated heterocycles. The SMILES string of the molecule is COC(=O)[C@H]1O[C@](O)(Oc2nc3c4ccccc4oc3c3ccccc23)[C@H](OC(C)=O)[C@@H](OC(C)=O)[C@@H]1OC(C)=O. The number of carbonyl (C=O) groups excluding carboxylic acids is 4. The Morgan fingerprint density at radius 3 is 2.05 bits per heavy atom. The number of rotatable bonds is 6. The van der Waals surface area contributed by atoms with Crippen molar-refractivity contribution in [3.05, 3.63) is 48.5 Å². The Bertz CT molecular complexity index is 1680. The number of methoxy groups -OCH3 is 1. The van der Waals surface area contributed by atoms with Gasteiger partial charge in [-0.3, -0.25) is 19.1 Å². The van der Waals surface area contributed by atoms with Gasteiger partial charge in [0.2, 0.25) is 18.1 Å². The van der Waals surface area contributed by atoms with Crippen molar-refractivity contribution in [1.29, 1.82) is 0 Å². The first-order chi connectivity index (χ1) is 19.5. The molecule has 214 valence electrons. The second kappa shape index (κ2) is 10.7. The molecule has 3 heterocycles. The van der Waals surface area contributed by atoms with E-state index in [9.17, 15) is 24.3 Å². The number of ether oxygens (including phenoxy) is 6. The van der Waals surface area contributed by atoms with Crippen LogP contribution in [0.5, 0.6) is 5.88 Å². The Balaban J connectivity index is 1.70. The van der Waals surface area contributed by atoms with E-state index in [4.69, 9.17) is 32.8 Å². The summed E-state index contributed by atoms with van der Waals surface area (Å²) in [5, 5.41) is 13.4. The van der Waals surface area contributed by atoms with Gasteiger partial charge in [0.05, 0.1) is 7.11 Å². The number of benzene rings is 2. The van der Waals surface area contributed by atoms with E-state index in [0.717, 1.165) is 27.9 Å². The third-order valence-corrected chi connectivity index (χ3v) is 6.33. The normalized spacial score (nSPS) is 24.1. The molecule has 13 nitrogen and oxygen atoms in total. The molecule has 0 radical (unpaired) electrons. The van der Waals surface area contributed by atoms with E-state index in [-0.39, 0.29) is 5.88 Å². The molecule has 2 aromatic heterocycles. The summed E-state index contributed by atoms with van der Waals surface area (Å²) in [6, 6.07) is 14.0. The van der Waals surface area contributed by atoms with Crippen LogP contribution in [0.25, 0.3) is 32.8 Å². The fourth-order valence-electron chi connectivity index (χ4n) is 4.78.